The zero-order valence-corrected chi connectivity index (χ0v) is 27.3. The molecular formula is C43H29N5O2. The molecule has 50 heavy (non-hydrogen) atoms. The molecule has 0 radical (unpaired) electrons. The Kier molecular flexibility index (Phi) is 6.74. The summed E-state index contributed by atoms with van der Waals surface area (Å²) in [5, 5.41) is 2.00. The third kappa shape index (κ3) is 4.48. The number of amides is 2. The zero-order chi connectivity index (χ0) is 33.9. The van der Waals surface area contributed by atoms with Gasteiger partial charge in [0.25, 0.3) is 11.8 Å². The van der Waals surface area contributed by atoms with Crippen molar-refractivity contribution in [1.29, 1.82) is 0 Å². The number of carbonyl (C=O) groups is 2. The summed E-state index contributed by atoms with van der Waals surface area (Å²) < 4.78 is 2.09. The fourth-order valence-electron chi connectivity index (χ4n) is 7.33. The number of carbonyl (C=O) groups excluding carboxylic acids is 2. The van der Waals surface area contributed by atoms with Crippen LogP contribution < -0.4 is 4.90 Å². The number of imide groups is 1. The predicted octanol–water partition coefficient (Wildman–Crippen LogP) is 9.39. The molecule has 1 aliphatic heterocycles. The molecule has 238 valence electrons. The highest BCUT2D eigenvalue weighted by atomic mass is 16.2. The molecule has 8 aromatic rings. The van der Waals surface area contributed by atoms with Crippen LogP contribution in [0.5, 0.6) is 0 Å². The number of hydrogen-bond donors (Lipinski definition) is 0. The lowest BCUT2D eigenvalue weighted by Crippen LogP contribution is -2.30. The molecule has 0 fully saturated rings. The van der Waals surface area contributed by atoms with Crippen LogP contribution in [-0.2, 0) is 0 Å². The van der Waals surface area contributed by atoms with Gasteiger partial charge in [0.1, 0.15) is 11.6 Å². The van der Waals surface area contributed by atoms with E-state index in [2.05, 4.69) is 21.7 Å². The smallest absolute Gasteiger partial charge is 0.268 e. The highest BCUT2D eigenvalue weighted by Crippen LogP contribution is 2.45. The van der Waals surface area contributed by atoms with Gasteiger partial charge in [-0.1, -0.05) is 115 Å². The fourth-order valence-corrected chi connectivity index (χ4v) is 7.33. The van der Waals surface area contributed by atoms with Gasteiger partial charge in [-0.15, -0.1) is 0 Å². The largest absolute Gasteiger partial charge is 0.308 e. The molecule has 7 heteroatoms. The first-order chi connectivity index (χ1) is 24.5. The quantitative estimate of drug-likeness (QED) is 0.174. The van der Waals surface area contributed by atoms with Crippen LogP contribution in [-0.4, -0.2) is 31.3 Å². The average Bonchev–Trinajstić information content (AvgIpc) is 3.62. The molecule has 0 aliphatic carbocycles. The summed E-state index contributed by atoms with van der Waals surface area (Å²) in [6, 6.07) is 45.4. The minimum Gasteiger partial charge on any atom is -0.308 e. The Bertz CT molecular complexity index is 2590. The first kappa shape index (κ1) is 29.4. The van der Waals surface area contributed by atoms with Crippen molar-refractivity contribution in [3.05, 3.63) is 162 Å². The van der Waals surface area contributed by atoms with Crippen molar-refractivity contribution >= 4 is 39.3 Å². The number of aromatic nitrogens is 4. The molecule has 0 saturated carbocycles. The number of rotatable bonds is 5. The number of nitrogens with zero attached hydrogens (tertiary/aromatic N) is 5. The third-order valence-electron chi connectivity index (χ3n) is 9.36. The van der Waals surface area contributed by atoms with Crippen LogP contribution >= 0.6 is 0 Å². The van der Waals surface area contributed by atoms with Crippen LogP contribution in [0.3, 0.4) is 0 Å². The second-order valence-electron chi connectivity index (χ2n) is 12.4. The van der Waals surface area contributed by atoms with Gasteiger partial charge in [-0.05, 0) is 49.2 Å². The van der Waals surface area contributed by atoms with E-state index in [1.165, 1.54) is 4.90 Å². The standard InChI is InChI=1S/C43H29N5O2/c1-26-44-27(2)46-41(45-26)35-23-12-21-33-32-18-9-10-24-36(32)47(40(33)35)37-25-13-22-34-38(37)43(50)48(42(34)49)39-30(28-14-5-3-6-15-28)19-11-20-31(39)29-16-7-4-8-17-29/h3-25H,1-2H3. The van der Waals surface area contributed by atoms with Gasteiger partial charge in [-0.3, -0.25) is 9.59 Å². The summed E-state index contributed by atoms with van der Waals surface area (Å²) in [6.45, 7) is 3.71. The normalized spacial score (nSPS) is 12.6. The van der Waals surface area contributed by atoms with Gasteiger partial charge in [-0.25, -0.2) is 19.9 Å². The number of aryl methyl sites for hydroxylation is 2. The Morgan fingerprint density at radius 3 is 1.70 bits per heavy atom. The Balaban J connectivity index is 1.32. The van der Waals surface area contributed by atoms with E-state index in [-0.39, 0.29) is 11.8 Å². The van der Waals surface area contributed by atoms with Crippen molar-refractivity contribution in [1.82, 2.24) is 19.5 Å². The zero-order valence-electron chi connectivity index (χ0n) is 27.3. The van der Waals surface area contributed by atoms with E-state index in [4.69, 9.17) is 9.97 Å². The summed E-state index contributed by atoms with van der Waals surface area (Å²) in [5.74, 6) is 1.05. The van der Waals surface area contributed by atoms with Crippen molar-refractivity contribution in [3.8, 4) is 39.3 Å². The van der Waals surface area contributed by atoms with Crippen molar-refractivity contribution in [3.63, 3.8) is 0 Å². The molecule has 0 saturated heterocycles. The molecule has 2 amide bonds. The molecule has 0 unspecified atom stereocenters. The molecule has 7 nitrogen and oxygen atoms in total. The average molecular weight is 648 g/mol. The Morgan fingerprint density at radius 2 is 1.02 bits per heavy atom. The van der Waals surface area contributed by atoms with Gasteiger partial charge < -0.3 is 4.57 Å². The first-order valence-corrected chi connectivity index (χ1v) is 16.5. The molecule has 0 atom stereocenters. The monoisotopic (exact) mass is 647 g/mol. The van der Waals surface area contributed by atoms with Gasteiger partial charge in [0.15, 0.2) is 5.82 Å². The first-order valence-electron chi connectivity index (χ1n) is 16.5. The van der Waals surface area contributed by atoms with Gasteiger partial charge in [0.2, 0.25) is 0 Å². The van der Waals surface area contributed by atoms with E-state index >= 15 is 4.79 Å². The summed E-state index contributed by atoms with van der Waals surface area (Å²) in [7, 11) is 0. The minimum absolute atomic E-state index is 0.347. The molecule has 1 aliphatic rings. The Hall–Kier alpha value is -6.73. The van der Waals surface area contributed by atoms with Gasteiger partial charge in [-0.2, -0.15) is 0 Å². The lowest BCUT2D eigenvalue weighted by Gasteiger charge is -2.23. The van der Waals surface area contributed by atoms with E-state index in [0.717, 1.165) is 49.6 Å². The van der Waals surface area contributed by atoms with Gasteiger partial charge >= 0.3 is 0 Å². The van der Waals surface area contributed by atoms with Crippen LogP contribution in [0.1, 0.15) is 32.4 Å². The van der Waals surface area contributed by atoms with Crippen molar-refractivity contribution < 1.29 is 9.59 Å². The van der Waals surface area contributed by atoms with Crippen LogP contribution in [0.25, 0.3) is 61.1 Å². The maximum atomic E-state index is 15.1. The lowest BCUT2D eigenvalue weighted by atomic mass is 9.95. The van der Waals surface area contributed by atoms with Crippen molar-refractivity contribution in [2.45, 2.75) is 13.8 Å². The summed E-state index contributed by atoms with van der Waals surface area (Å²) in [4.78, 5) is 44.9. The van der Waals surface area contributed by atoms with E-state index < -0.39 is 0 Å². The lowest BCUT2D eigenvalue weighted by molar-refractivity contribution is 0.0926. The van der Waals surface area contributed by atoms with E-state index in [1.807, 2.05) is 135 Å². The molecule has 3 heterocycles. The van der Waals surface area contributed by atoms with Crippen LogP contribution in [0.15, 0.2) is 140 Å². The predicted molar refractivity (Wildman–Crippen MR) is 198 cm³/mol. The maximum absolute atomic E-state index is 15.1. The number of anilines is 1. The Labute approximate surface area is 288 Å². The summed E-state index contributed by atoms with van der Waals surface area (Å²) in [5.41, 5.74) is 7.83. The molecular weight excluding hydrogens is 619 g/mol. The van der Waals surface area contributed by atoms with E-state index in [0.29, 0.717) is 40.0 Å². The second-order valence-corrected chi connectivity index (χ2v) is 12.4. The van der Waals surface area contributed by atoms with E-state index in [9.17, 15) is 4.79 Å². The SMILES string of the molecule is Cc1nc(C)nc(-c2cccc3c4ccccc4n(-c4cccc5c4C(=O)N(c4c(-c6ccccc6)cccc4-c4ccccc4)C5=O)c23)n1. The molecule has 6 aromatic carbocycles. The van der Waals surface area contributed by atoms with Gasteiger partial charge in [0.05, 0.1) is 33.5 Å². The molecule has 0 spiro atoms. The number of hydrogen-bond acceptors (Lipinski definition) is 5. The fraction of sp³-hybridized carbons (Fsp3) is 0.0465. The maximum Gasteiger partial charge on any atom is 0.268 e. The highest BCUT2D eigenvalue weighted by molar-refractivity contribution is 6.37. The van der Waals surface area contributed by atoms with Crippen LogP contribution in [0, 0.1) is 13.8 Å². The summed E-state index contributed by atoms with van der Waals surface area (Å²) >= 11 is 0. The number of fused-ring (bicyclic) bond motifs is 4. The van der Waals surface area contributed by atoms with Gasteiger partial charge in [0, 0.05) is 27.5 Å². The van der Waals surface area contributed by atoms with Crippen molar-refractivity contribution in [2.75, 3.05) is 4.90 Å². The second kappa shape index (κ2) is 11.5. The topological polar surface area (TPSA) is 81.0 Å². The van der Waals surface area contributed by atoms with E-state index in [1.54, 1.807) is 6.07 Å². The molecule has 9 rings (SSSR count). The molecule has 2 aromatic heterocycles. The Morgan fingerprint density at radius 1 is 0.480 bits per heavy atom. The third-order valence-corrected chi connectivity index (χ3v) is 9.36. The number of benzene rings is 6. The molecule has 0 bridgehead atoms. The summed E-state index contributed by atoms with van der Waals surface area (Å²) in [6.07, 6.45) is 0. The van der Waals surface area contributed by atoms with Crippen LogP contribution in [0.2, 0.25) is 0 Å². The van der Waals surface area contributed by atoms with Crippen LogP contribution in [0.4, 0.5) is 5.69 Å². The van der Waals surface area contributed by atoms with Crippen molar-refractivity contribution in [2.24, 2.45) is 0 Å². The minimum atomic E-state index is -0.378. The highest BCUT2D eigenvalue weighted by Gasteiger charge is 2.41. The number of para-hydroxylation sites is 3. The molecule has 0 N–H and O–H groups in total.